The molecule has 0 aliphatic heterocycles. The van der Waals surface area contributed by atoms with Crippen LogP contribution in [0, 0.1) is 10.1 Å². The first-order valence-corrected chi connectivity index (χ1v) is 3.64. The Hall–Kier alpha value is -1.52. The minimum absolute atomic E-state index is 0. The number of carboxylic acid groups (broad SMARTS) is 2. The van der Waals surface area contributed by atoms with Crippen LogP contribution in [0.1, 0.15) is 20.7 Å². The number of benzene rings is 1. The molecule has 0 bridgehead atoms. The van der Waals surface area contributed by atoms with Gasteiger partial charge in [0.15, 0.2) is 0 Å². The molecule has 0 amide bonds. The van der Waals surface area contributed by atoms with E-state index in [9.17, 15) is 29.9 Å². The van der Waals surface area contributed by atoms with E-state index in [2.05, 4.69) is 0 Å². The third-order valence-electron chi connectivity index (χ3n) is 1.65. The average molecular weight is 416 g/mol. The third-order valence-corrected chi connectivity index (χ3v) is 1.65. The van der Waals surface area contributed by atoms with Gasteiger partial charge in [0.25, 0.3) is 5.69 Å². The van der Waals surface area contributed by atoms with Crippen molar-refractivity contribution in [3.05, 3.63) is 39.4 Å². The molecule has 0 atom stereocenters. The smallest absolute Gasteiger partial charge is 0.545 e. The molecule has 2 radical (unpaired) electrons. The summed E-state index contributed by atoms with van der Waals surface area (Å²) in [4.78, 5) is 30.2. The van der Waals surface area contributed by atoms with E-state index < -0.39 is 33.7 Å². The number of aromatic carboxylic acids is 2. The normalized spacial score (nSPS) is 9.00. The summed E-state index contributed by atoms with van der Waals surface area (Å²) in [6, 6.07) is 2.30. The standard InChI is InChI=1S/C8H5NO6.Pb/c10-7(11)4-1-2-5(8(12)13)6(3-4)9(14)15;/h1-3H,(H,10,11)(H,12,13);/q;+2/p-2. The second-order valence-corrected chi connectivity index (χ2v) is 2.56. The van der Waals surface area contributed by atoms with Crippen molar-refractivity contribution in [1.29, 1.82) is 0 Å². The molecule has 0 spiro atoms. The van der Waals surface area contributed by atoms with Crippen molar-refractivity contribution in [2.75, 3.05) is 0 Å². The molecule has 0 unspecified atom stereocenters. The van der Waals surface area contributed by atoms with E-state index in [1.807, 2.05) is 0 Å². The molecule has 80 valence electrons. The summed E-state index contributed by atoms with van der Waals surface area (Å²) in [5, 5.41) is 31.2. The molecular weight excluding hydrogens is 413 g/mol. The molecule has 16 heavy (non-hydrogen) atoms. The van der Waals surface area contributed by atoms with Crippen molar-refractivity contribution < 1.29 is 24.7 Å². The first kappa shape index (κ1) is 14.5. The van der Waals surface area contributed by atoms with Crippen LogP contribution in [0.4, 0.5) is 5.69 Å². The summed E-state index contributed by atoms with van der Waals surface area (Å²) in [5.41, 5.74) is -1.98. The van der Waals surface area contributed by atoms with E-state index in [1.54, 1.807) is 0 Å². The fourth-order valence-electron chi connectivity index (χ4n) is 0.982. The molecule has 8 heteroatoms. The zero-order valence-corrected chi connectivity index (χ0v) is 11.5. The van der Waals surface area contributed by atoms with E-state index in [-0.39, 0.29) is 27.3 Å². The van der Waals surface area contributed by atoms with Gasteiger partial charge < -0.3 is 19.8 Å². The van der Waals surface area contributed by atoms with Gasteiger partial charge in [0.2, 0.25) is 0 Å². The van der Waals surface area contributed by atoms with Crippen molar-refractivity contribution in [2.24, 2.45) is 0 Å². The van der Waals surface area contributed by atoms with Gasteiger partial charge in [-0.2, -0.15) is 0 Å². The monoisotopic (exact) mass is 417 g/mol. The van der Waals surface area contributed by atoms with Crippen LogP contribution in [0.25, 0.3) is 0 Å². The van der Waals surface area contributed by atoms with Gasteiger partial charge in [0.05, 0.1) is 22.4 Å². The van der Waals surface area contributed by atoms with E-state index in [1.165, 1.54) is 0 Å². The van der Waals surface area contributed by atoms with Crippen molar-refractivity contribution >= 4 is 44.9 Å². The van der Waals surface area contributed by atoms with Crippen molar-refractivity contribution in [3.63, 3.8) is 0 Å². The molecule has 0 saturated carbocycles. The SMILES string of the molecule is O=C([O-])c1ccc(C(=O)[O-])c([N+](=O)[O-])c1.[Pb+2]. The summed E-state index contributed by atoms with van der Waals surface area (Å²) >= 11 is 0. The van der Waals surface area contributed by atoms with Crippen molar-refractivity contribution in [1.82, 2.24) is 0 Å². The van der Waals surface area contributed by atoms with Gasteiger partial charge in [-0.15, -0.1) is 0 Å². The van der Waals surface area contributed by atoms with Crippen LogP contribution in [0.5, 0.6) is 0 Å². The van der Waals surface area contributed by atoms with Crippen LogP contribution in [-0.2, 0) is 0 Å². The summed E-state index contributed by atoms with van der Waals surface area (Å²) in [7, 11) is 0. The Morgan fingerprint density at radius 1 is 1.12 bits per heavy atom. The minimum Gasteiger partial charge on any atom is -0.545 e. The molecule has 1 aromatic carbocycles. The number of nitro groups is 1. The molecule has 7 nitrogen and oxygen atoms in total. The molecular formula is C8H3NO6Pb. The van der Waals surface area contributed by atoms with Gasteiger partial charge in [0.1, 0.15) is 0 Å². The molecule has 0 N–H and O–H groups in total. The second kappa shape index (κ2) is 5.53. The molecule has 1 aromatic rings. The van der Waals surface area contributed by atoms with Gasteiger partial charge in [-0.3, -0.25) is 10.1 Å². The Balaban J connectivity index is 0.00000225. The first-order valence-electron chi connectivity index (χ1n) is 3.64. The number of hydrogen-bond donors (Lipinski definition) is 0. The molecule has 0 aliphatic carbocycles. The van der Waals surface area contributed by atoms with E-state index >= 15 is 0 Å². The Morgan fingerprint density at radius 2 is 1.69 bits per heavy atom. The maximum atomic E-state index is 10.4. The maximum Gasteiger partial charge on any atom is 2.00 e. The first-order chi connectivity index (χ1) is 6.93. The number of carboxylic acids is 2. The Kier molecular flexibility index (Phi) is 5.01. The largest absolute Gasteiger partial charge is 2.00 e. The third kappa shape index (κ3) is 2.98. The van der Waals surface area contributed by atoms with Gasteiger partial charge in [-0.1, -0.05) is 6.07 Å². The predicted molar refractivity (Wildman–Crippen MR) is 47.5 cm³/mol. The summed E-state index contributed by atoms with van der Waals surface area (Å²) in [6.45, 7) is 0. The van der Waals surface area contributed by atoms with Crippen molar-refractivity contribution in [2.45, 2.75) is 0 Å². The zero-order chi connectivity index (χ0) is 11.6. The van der Waals surface area contributed by atoms with Gasteiger partial charge in [0, 0.05) is 11.6 Å². The number of nitro benzene ring substituents is 1. The Morgan fingerprint density at radius 3 is 2.06 bits per heavy atom. The Bertz CT molecular complexity index is 458. The summed E-state index contributed by atoms with van der Waals surface area (Å²) in [6.07, 6.45) is 0. The summed E-state index contributed by atoms with van der Waals surface area (Å²) < 4.78 is 0. The van der Waals surface area contributed by atoms with Crippen LogP contribution in [0.2, 0.25) is 0 Å². The van der Waals surface area contributed by atoms with Crippen LogP contribution in [0.15, 0.2) is 18.2 Å². The topological polar surface area (TPSA) is 123 Å². The number of nitrogens with zero attached hydrogens (tertiary/aromatic N) is 1. The number of carbonyl (C=O) groups is 2. The fourth-order valence-corrected chi connectivity index (χ4v) is 0.982. The number of rotatable bonds is 3. The van der Waals surface area contributed by atoms with Crippen molar-refractivity contribution in [3.8, 4) is 0 Å². The van der Waals surface area contributed by atoms with Gasteiger partial charge in [-0.25, -0.2) is 0 Å². The van der Waals surface area contributed by atoms with Gasteiger partial charge >= 0.3 is 27.3 Å². The van der Waals surface area contributed by atoms with E-state index in [0.717, 1.165) is 12.1 Å². The molecule has 0 heterocycles. The summed E-state index contributed by atoms with van der Waals surface area (Å²) in [5.74, 6) is -3.37. The molecule has 0 aromatic heterocycles. The number of hydrogen-bond acceptors (Lipinski definition) is 6. The quantitative estimate of drug-likeness (QED) is 0.317. The molecule has 0 aliphatic rings. The second-order valence-electron chi connectivity index (χ2n) is 2.56. The molecule has 0 saturated heterocycles. The zero-order valence-electron chi connectivity index (χ0n) is 7.63. The van der Waals surface area contributed by atoms with Crippen LogP contribution < -0.4 is 10.2 Å². The minimum atomic E-state index is -1.74. The number of carbonyl (C=O) groups excluding carboxylic acids is 2. The Labute approximate surface area is 109 Å². The van der Waals surface area contributed by atoms with Crippen LogP contribution >= 0.6 is 0 Å². The predicted octanol–water partition coefficient (Wildman–Crippen LogP) is -2.06. The molecule has 0 fully saturated rings. The van der Waals surface area contributed by atoms with E-state index in [0.29, 0.717) is 6.07 Å². The van der Waals surface area contributed by atoms with Crippen LogP contribution in [-0.4, -0.2) is 44.2 Å². The van der Waals surface area contributed by atoms with Crippen LogP contribution in [0.3, 0.4) is 0 Å². The molecule has 1 rings (SSSR count). The van der Waals surface area contributed by atoms with Gasteiger partial charge in [-0.05, 0) is 6.07 Å². The maximum absolute atomic E-state index is 10.4. The van der Waals surface area contributed by atoms with E-state index in [4.69, 9.17) is 0 Å². The fraction of sp³-hybridized carbons (Fsp3) is 0. The average Bonchev–Trinajstić information content (AvgIpc) is 2.16.